The SMILES string of the molecule is CCCCC1CCC(C(=O)[O-])C(C(=O)[O-])C1.[OH][Al+2]. The Labute approximate surface area is 116 Å². The predicted molar refractivity (Wildman–Crippen MR) is 61.8 cm³/mol. The number of carboxylic acid groups (broad SMARTS) is 2. The van der Waals surface area contributed by atoms with Crippen molar-refractivity contribution in [2.75, 3.05) is 0 Å². The molecule has 0 radical (unpaired) electrons. The predicted octanol–water partition coefficient (Wildman–Crippen LogP) is -1.23. The molecule has 0 aromatic rings. The quantitative estimate of drug-likeness (QED) is 0.630. The number of carboxylic acids is 2. The molecule has 1 rings (SSSR count). The van der Waals surface area contributed by atoms with Crippen molar-refractivity contribution in [2.45, 2.75) is 45.4 Å². The molecule has 0 aromatic heterocycles. The molecule has 3 atom stereocenters. The summed E-state index contributed by atoms with van der Waals surface area (Å²) in [6.07, 6.45) is 4.77. The van der Waals surface area contributed by atoms with Crippen LogP contribution < -0.4 is 10.2 Å². The fraction of sp³-hybridized carbons (Fsp3) is 0.833. The summed E-state index contributed by atoms with van der Waals surface area (Å²) >= 11 is 1.42. The second kappa shape index (κ2) is 9.37. The third-order valence-corrected chi connectivity index (χ3v) is 3.53. The normalized spacial score (nSPS) is 27.0. The van der Waals surface area contributed by atoms with E-state index in [2.05, 4.69) is 6.92 Å². The molecule has 0 aliphatic heterocycles. The van der Waals surface area contributed by atoms with E-state index in [0.717, 1.165) is 25.7 Å². The van der Waals surface area contributed by atoms with Crippen LogP contribution in [0.3, 0.4) is 0 Å². The Morgan fingerprint density at radius 3 is 2.17 bits per heavy atom. The van der Waals surface area contributed by atoms with E-state index in [9.17, 15) is 19.8 Å². The van der Waals surface area contributed by atoms with Crippen LogP contribution in [-0.4, -0.2) is 32.7 Å². The number of unbranched alkanes of at least 4 members (excludes halogenated alkanes) is 1. The summed E-state index contributed by atoms with van der Waals surface area (Å²) in [5.41, 5.74) is 0. The Bertz CT molecular complexity index is 269. The van der Waals surface area contributed by atoms with E-state index in [1.807, 2.05) is 0 Å². The Morgan fingerprint density at radius 2 is 1.72 bits per heavy atom. The summed E-state index contributed by atoms with van der Waals surface area (Å²) in [4.78, 5) is 21.7. The summed E-state index contributed by atoms with van der Waals surface area (Å²) < 4.78 is 6.92. The molecule has 0 heterocycles. The molecular weight excluding hydrogens is 251 g/mol. The standard InChI is InChI=1S/C12H20O4.Al.H2O/c1-2-3-4-8-5-6-9(11(13)14)10(7-8)12(15)16;;/h8-10H,2-7H2,1H3,(H,13,14)(H,15,16);;1H2/q;+3;/p-3. The van der Waals surface area contributed by atoms with Gasteiger partial charge in [-0.05, 0) is 25.2 Å². The van der Waals surface area contributed by atoms with Gasteiger partial charge in [-0.15, -0.1) is 0 Å². The third kappa shape index (κ3) is 5.38. The van der Waals surface area contributed by atoms with E-state index >= 15 is 0 Å². The maximum atomic E-state index is 10.9. The van der Waals surface area contributed by atoms with Gasteiger partial charge in [0, 0.05) is 23.8 Å². The van der Waals surface area contributed by atoms with Crippen LogP contribution in [0.4, 0.5) is 0 Å². The molecule has 100 valence electrons. The van der Waals surface area contributed by atoms with Crippen LogP contribution in [0.1, 0.15) is 45.4 Å². The number of rotatable bonds is 5. The molecule has 0 spiro atoms. The number of carbonyl (C=O) groups excluding carboxylic acids is 2. The molecule has 0 amide bonds. The van der Waals surface area contributed by atoms with Crippen LogP contribution in [0.2, 0.25) is 0 Å². The molecule has 0 bridgehead atoms. The second-order valence-corrected chi connectivity index (χ2v) is 4.67. The third-order valence-electron chi connectivity index (χ3n) is 3.53. The first-order valence-electron chi connectivity index (χ1n) is 6.23. The van der Waals surface area contributed by atoms with Crippen LogP contribution in [0, 0.1) is 17.8 Å². The van der Waals surface area contributed by atoms with E-state index in [0.29, 0.717) is 18.8 Å². The van der Waals surface area contributed by atoms with Gasteiger partial charge < -0.3 is 19.8 Å². The molecule has 1 aliphatic rings. The summed E-state index contributed by atoms with van der Waals surface area (Å²) in [6, 6.07) is 0. The summed E-state index contributed by atoms with van der Waals surface area (Å²) in [7, 11) is 0. The zero-order valence-corrected chi connectivity index (χ0v) is 11.8. The van der Waals surface area contributed by atoms with Crippen molar-refractivity contribution in [3.8, 4) is 0 Å². The molecule has 1 N–H and O–H groups in total. The van der Waals surface area contributed by atoms with E-state index in [4.69, 9.17) is 4.16 Å². The molecule has 3 unspecified atom stereocenters. The zero-order chi connectivity index (χ0) is 14.1. The Balaban J connectivity index is 0.00000137. The van der Waals surface area contributed by atoms with Crippen molar-refractivity contribution in [1.82, 2.24) is 0 Å². The molecule has 1 fully saturated rings. The summed E-state index contributed by atoms with van der Waals surface area (Å²) in [6.45, 7) is 2.09. The Morgan fingerprint density at radius 1 is 1.17 bits per heavy atom. The molecule has 18 heavy (non-hydrogen) atoms. The summed E-state index contributed by atoms with van der Waals surface area (Å²) in [5.74, 6) is -3.87. The molecule has 0 aromatic carbocycles. The average molecular weight is 270 g/mol. The number of carbonyl (C=O) groups is 2. The number of aliphatic carboxylic acids is 2. The first kappa shape index (κ1) is 17.4. The van der Waals surface area contributed by atoms with Gasteiger partial charge in [-0.25, -0.2) is 0 Å². The molecular formula is C12H19AlO5. The summed E-state index contributed by atoms with van der Waals surface area (Å²) in [5, 5.41) is 21.7. The van der Waals surface area contributed by atoms with Crippen molar-refractivity contribution in [2.24, 2.45) is 17.8 Å². The molecule has 1 saturated carbocycles. The van der Waals surface area contributed by atoms with Crippen LogP contribution in [-0.2, 0) is 9.59 Å². The molecule has 6 heteroatoms. The van der Waals surface area contributed by atoms with Gasteiger partial charge in [0.1, 0.15) is 0 Å². The Kier molecular flexibility index (Phi) is 9.08. The van der Waals surface area contributed by atoms with E-state index in [-0.39, 0.29) is 0 Å². The van der Waals surface area contributed by atoms with Crippen molar-refractivity contribution in [3.63, 3.8) is 0 Å². The first-order valence-corrected chi connectivity index (χ1v) is 6.75. The van der Waals surface area contributed by atoms with Crippen molar-refractivity contribution in [3.05, 3.63) is 0 Å². The minimum absolute atomic E-state index is 0.332. The van der Waals surface area contributed by atoms with Gasteiger partial charge in [-0.1, -0.05) is 26.2 Å². The van der Waals surface area contributed by atoms with Gasteiger partial charge in [-0.3, -0.25) is 0 Å². The van der Waals surface area contributed by atoms with Crippen LogP contribution >= 0.6 is 0 Å². The van der Waals surface area contributed by atoms with Gasteiger partial charge in [0.15, 0.2) is 0 Å². The molecule has 5 nitrogen and oxygen atoms in total. The topological polar surface area (TPSA) is 100 Å². The van der Waals surface area contributed by atoms with E-state index in [1.54, 1.807) is 0 Å². The fourth-order valence-corrected chi connectivity index (χ4v) is 2.56. The van der Waals surface area contributed by atoms with Crippen LogP contribution in [0.5, 0.6) is 0 Å². The van der Waals surface area contributed by atoms with Crippen LogP contribution in [0.15, 0.2) is 0 Å². The van der Waals surface area contributed by atoms with Gasteiger partial charge in [0.25, 0.3) is 0 Å². The van der Waals surface area contributed by atoms with Gasteiger partial charge in [0.2, 0.25) is 0 Å². The van der Waals surface area contributed by atoms with Crippen molar-refractivity contribution >= 4 is 28.6 Å². The molecule has 0 saturated heterocycles. The Hall–Kier alpha value is -0.568. The van der Waals surface area contributed by atoms with Crippen molar-refractivity contribution in [1.29, 1.82) is 0 Å². The number of hydrogen-bond donors (Lipinski definition) is 1. The van der Waals surface area contributed by atoms with Gasteiger partial charge in [-0.2, -0.15) is 0 Å². The van der Waals surface area contributed by atoms with Crippen molar-refractivity contribution < 1.29 is 24.0 Å². The van der Waals surface area contributed by atoms with Gasteiger partial charge >= 0.3 is 20.8 Å². The fourth-order valence-electron chi connectivity index (χ4n) is 2.56. The maximum absolute atomic E-state index is 10.9. The second-order valence-electron chi connectivity index (χ2n) is 4.67. The monoisotopic (exact) mass is 270 g/mol. The first-order chi connectivity index (χ1) is 8.56. The zero-order valence-electron chi connectivity index (χ0n) is 10.6. The van der Waals surface area contributed by atoms with E-state index < -0.39 is 23.8 Å². The number of hydrogen-bond acceptors (Lipinski definition) is 5. The minimum atomic E-state index is -1.25. The molecule has 1 aliphatic carbocycles. The van der Waals surface area contributed by atoms with Crippen LogP contribution in [0.25, 0.3) is 0 Å². The van der Waals surface area contributed by atoms with E-state index in [1.165, 1.54) is 16.6 Å². The average Bonchev–Trinajstić information content (AvgIpc) is 2.38. The van der Waals surface area contributed by atoms with Gasteiger partial charge in [0.05, 0.1) is 0 Å².